The van der Waals surface area contributed by atoms with Gasteiger partial charge in [0, 0.05) is 38.4 Å². The molecule has 5 nitrogen and oxygen atoms in total. The van der Waals surface area contributed by atoms with Gasteiger partial charge in [-0.05, 0) is 86.6 Å². The molecule has 0 amide bonds. The molecule has 0 aliphatic carbocycles. The number of fused-ring (bicyclic) bond motifs is 8. The van der Waals surface area contributed by atoms with E-state index in [1.807, 2.05) is 18.2 Å². The highest BCUT2D eigenvalue weighted by molar-refractivity contribution is 6.23. The molecule has 0 aliphatic rings. The molecular formula is C61H39N5. The molecule has 0 bridgehead atoms. The summed E-state index contributed by atoms with van der Waals surface area (Å²) in [5, 5.41) is 6.83. The number of para-hydroxylation sites is 2. The van der Waals surface area contributed by atoms with Gasteiger partial charge in [-0.25, -0.2) is 4.98 Å². The van der Waals surface area contributed by atoms with Gasteiger partial charge in [0.25, 0.3) is 0 Å². The summed E-state index contributed by atoms with van der Waals surface area (Å²) in [5.41, 5.74) is 14.1. The summed E-state index contributed by atoms with van der Waals surface area (Å²) in [5.74, 6) is 1.77. The molecule has 0 fully saturated rings. The molecule has 0 unspecified atom stereocenters. The molecule has 3 aromatic heterocycles. The second-order valence-electron chi connectivity index (χ2n) is 16.9. The van der Waals surface area contributed by atoms with E-state index in [1.165, 1.54) is 16.5 Å². The summed E-state index contributed by atoms with van der Waals surface area (Å²) < 4.78 is 4.72. The van der Waals surface area contributed by atoms with Gasteiger partial charge in [-0.15, -0.1) is 0 Å². The molecule has 13 aromatic rings. The molecule has 10 aromatic carbocycles. The van der Waals surface area contributed by atoms with E-state index in [0.717, 1.165) is 88.1 Å². The zero-order valence-corrected chi connectivity index (χ0v) is 35.8. The first kappa shape index (κ1) is 37.6. The van der Waals surface area contributed by atoms with Crippen molar-refractivity contribution in [3.8, 4) is 67.8 Å². The van der Waals surface area contributed by atoms with Crippen LogP contribution in [0.3, 0.4) is 0 Å². The van der Waals surface area contributed by atoms with Crippen LogP contribution in [0.25, 0.3) is 122 Å². The monoisotopic (exact) mass is 841 g/mol. The second-order valence-corrected chi connectivity index (χ2v) is 16.9. The minimum absolute atomic E-state index is 0.553. The Labute approximate surface area is 381 Å². The fraction of sp³-hybridized carbons (Fsp3) is 0. The Hall–Kier alpha value is -8.93. The number of rotatable bonds is 7. The molecule has 5 heteroatoms. The normalized spacial score (nSPS) is 11.6. The summed E-state index contributed by atoms with van der Waals surface area (Å²) in [6.45, 7) is 0. The molecule has 0 N–H and O–H groups in total. The van der Waals surface area contributed by atoms with E-state index < -0.39 is 0 Å². The van der Waals surface area contributed by atoms with Crippen molar-refractivity contribution in [1.82, 2.24) is 24.1 Å². The highest BCUT2D eigenvalue weighted by Gasteiger charge is 2.24. The molecule has 0 spiro atoms. The van der Waals surface area contributed by atoms with Gasteiger partial charge in [-0.1, -0.05) is 194 Å². The van der Waals surface area contributed by atoms with Crippen LogP contribution >= 0.6 is 0 Å². The Morgan fingerprint density at radius 3 is 1.24 bits per heavy atom. The number of benzene rings is 10. The molecule has 13 rings (SSSR count). The Morgan fingerprint density at radius 2 is 0.682 bits per heavy atom. The van der Waals surface area contributed by atoms with Crippen molar-refractivity contribution < 1.29 is 0 Å². The Balaban J connectivity index is 1.10. The van der Waals surface area contributed by atoms with Crippen LogP contribution in [0.5, 0.6) is 0 Å². The van der Waals surface area contributed by atoms with Gasteiger partial charge in [-0.3, -0.25) is 4.57 Å². The SMILES string of the molecule is c1ccc(-c2cc(-c3ccccc3)cc(-n3c4ccccc4c4ccc5c6ccccc6n(-c6nc(-c7ccccc7)nc(-c7ccc8cc(-c9ccccc9)ccc8c7)n6)c5c43)c2)cc1. The topological polar surface area (TPSA) is 48.5 Å². The fourth-order valence-corrected chi connectivity index (χ4v) is 9.82. The van der Waals surface area contributed by atoms with Crippen LogP contribution in [-0.4, -0.2) is 24.1 Å². The van der Waals surface area contributed by atoms with Gasteiger partial charge >= 0.3 is 0 Å². The lowest BCUT2D eigenvalue weighted by atomic mass is 9.98. The predicted molar refractivity (Wildman–Crippen MR) is 273 cm³/mol. The van der Waals surface area contributed by atoms with E-state index in [2.05, 4.69) is 228 Å². The average Bonchev–Trinajstić information content (AvgIpc) is 3.92. The molecular weight excluding hydrogens is 803 g/mol. The standard InChI is InChI=1S/C61H39N5/c1-5-17-40(18-6-1)44-29-30-46-36-47(32-31-45(46)35-44)60-62-59(43-23-11-4-12-24-43)63-61(64-60)66-56-28-16-14-26-52(56)54-34-33-53-51-25-13-15-27-55(51)65(57(53)58(54)66)50-38-48(41-19-7-2-8-20-41)37-49(39-50)42-21-9-3-10-22-42/h1-39H. The van der Waals surface area contributed by atoms with Crippen molar-refractivity contribution in [3.63, 3.8) is 0 Å². The lowest BCUT2D eigenvalue weighted by Gasteiger charge is -2.16. The lowest BCUT2D eigenvalue weighted by Crippen LogP contribution is -2.07. The van der Waals surface area contributed by atoms with Crippen LogP contribution in [0.4, 0.5) is 0 Å². The van der Waals surface area contributed by atoms with E-state index in [0.29, 0.717) is 17.6 Å². The molecule has 0 saturated heterocycles. The minimum atomic E-state index is 0.553. The Morgan fingerprint density at radius 1 is 0.258 bits per heavy atom. The van der Waals surface area contributed by atoms with E-state index in [4.69, 9.17) is 15.0 Å². The highest BCUT2D eigenvalue weighted by Crippen LogP contribution is 2.43. The number of nitrogens with zero attached hydrogens (tertiary/aromatic N) is 5. The van der Waals surface area contributed by atoms with E-state index in [1.54, 1.807) is 0 Å². The smallest absolute Gasteiger partial charge is 0.238 e. The third-order valence-electron chi connectivity index (χ3n) is 12.9. The Kier molecular flexibility index (Phi) is 8.78. The quantitative estimate of drug-likeness (QED) is 0.161. The third kappa shape index (κ3) is 6.28. The number of hydrogen-bond acceptors (Lipinski definition) is 3. The van der Waals surface area contributed by atoms with Gasteiger partial charge in [0.1, 0.15) is 0 Å². The maximum absolute atomic E-state index is 5.45. The van der Waals surface area contributed by atoms with E-state index >= 15 is 0 Å². The highest BCUT2D eigenvalue weighted by atomic mass is 15.2. The first-order chi connectivity index (χ1) is 32.7. The lowest BCUT2D eigenvalue weighted by molar-refractivity contribution is 0.953. The Bertz CT molecular complexity index is 3910. The van der Waals surface area contributed by atoms with Crippen LogP contribution in [0.15, 0.2) is 237 Å². The van der Waals surface area contributed by atoms with Gasteiger partial charge < -0.3 is 4.57 Å². The summed E-state index contributed by atoms with van der Waals surface area (Å²) >= 11 is 0. The maximum Gasteiger partial charge on any atom is 0.238 e. The summed E-state index contributed by atoms with van der Waals surface area (Å²) in [6, 6.07) is 84.2. The van der Waals surface area contributed by atoms with Crippen LogP contribution < -0.4 is 0 Å². The summed E-state index contributed by atoms with van der Waals surface area (Å²) in [4.78, 5) is 16.0. The zero-order chi connectivity index (χ0) is 43.6. The second kappa shape index (κ2) is 15.4. The van der Waals surface area contributed by atoms with Crippen molar-refractivity contribution >= 4 is 54.4 Å². The van der Waals surface area contributed by atoms with Gasteiger partial charge in [0.05, 0.1) is 22.1 Å². The molecule has 3 heterocycles. The van der Waals surface area contributed by atoms with Crippen LogP contribution in [0.1, 0.15) is 0 Å². The number of aromatic nitrogens is 5. The molecule has 0 radical (unpaired) electrons. The van der Waals surface area contributed by atoms with Crippen molar-refractivity contribution in [2.45, 2.75) is 0 Å². The maximum atomic E-state index is 5.45. The average molecular weight is 842 g/mol. The predicted octanol–water partition coefficient (Wildman–Crippen LogP) is 15.6. The van der Waals surface area contributed by atoms with Crippen molar-refractivity contribution in [2.24, 2.45) is 0 Å². The van der Waals surface area contributed by atoms with Crippen molar-refractivity contribution in [2.75, 3.05) is 0 Å². The first-order valence-electron chi connectivity index (χ1n) is 22.3. The minimum Gasteiger partial charge on any atom is -0.307 e. The van der Waals surface area contributed by atoms with E-state index in [-0.39, 0.29) is 0 Å². The zero-order valence-electron chi connectivity index (χ0n) is 35.8. The summed E-state index contributed by atoms with van der Waals surface area (Å²) in [6.07, 6.45) is 0. The van der Waals surface area contributed by atoms with E-state index in [9.17, 15) is 0 Å². The molecule has 0 aliphatic heterocycles. The molecule has 308 valence electrons. The van der Waals surface area contributed by atoms with Gasteiger partial charge in [-0.2, -0.15) is 9.97 Å². The van der Waals surface area contributed by atoms with Gasteiger partial charge in [0.15, 0.2) is 11.6 Å². The first-order valence-corrected chi connectivity index (χ1v) is 22.3. The third-order valence-corrected chi connectivity index (χ3v) is 12.9. The molecule has 0 atom stereocenters. The van der Waals surface area contributed by atoms with Crippen molar-refractivity contribution in [3.05, 3.63) is 237 Å². The van der Waals surface area contributed by atoms with Crippen LogP contribution in [0, 0.1) is 0 Å². The van der Waals surface area contributed by atoms with Crippen LogP contribution in [0.2, 0.25) is 0 Å². The summed E-state index contributed by atoms with van der Waals surface area (Å²) in [7, 11) is 0. The molecule has 0 saturated carbocycles. The van der Waals surface area contributed by atoms with Crippen molar-refractivity contribution in [1.29, 1.82) is 0 Å². The van der Waals surface area contributed by atoms with Crippen LogP contribution in [-0.2, 0) is 0 Å². The number of hydrogen-bond donors (Lipinski definition) is 0. The van der Waals surface area contributed by atoms with Gasteiger partial charge in [0.2, 0.25) is 5.95 Å². The fourth-order valence-electron chi connectivity index (χ4n) is 9.82. The largest absolute Gasteiger partial charge is 0.307 e. The molecule has 66 heavy (non-hydrogen) atoms.